The van der Waals surface area contributed by atoms with E-state index in [9.17, 15) is 0 Å². The molecule has 0 radical (unpaired) electrons. The molecule has 1 aliphatic rings. The summed E-state index contributed by atoms with van der Waals surface area (Å²) in [6, 6.07) is 0.538. The van der Waals surface area contributed by atoms with E-state index < -0.39 is 0 Å². The first-order valence-electron chi connectivity index (χ1n) is 7.00. The molecule has 0 amide bonds. The van der Waals surface area contributed by atoms with Crippen LogP contribution in [0.2, 0.25) is 0 Å². The van der Waals surface area contributed by atoms with Crippen LogP contribution in [0.5, 0.6) is 0 Å². The van der Waals surface area contributed by atoms with Gasteiger partial charge in [0.1, 0.15) is 0 Å². The zero-order chi connectivity index (χ0) is 12.3. The molecule has 3 nitrogen and oxygen atoms in total. The summed E-state index contributed by atoms with van der Waals surface area (Å²) >= 11 is 0. The fourth-order valence-electron chi connectivity index (χ4n) is 2.65. The molecule has 96 valence electrons. The van der Waals surface area contributed by atoms with Crippen molar-refractivity contribution in [3.8, 4) is 0 Å². The van der Waals surface area contributed by atoms with Gasteiger partial charge in [-0.1, -0.05) is 20.8 Å². The lowest BCUT2D eigenvalue weighted by atomic mass is 9.93. The molecule has 1 N–H and O–H groups in total. The lowest BCUT2D eigenvalue weighted by Gasteiger charge is -2.23. The van der Waals surface area contributed by atoms with Gasteiger partial charge in [-0.3, -0.25) is 4.68 Å². The molecule has 1 aliphatic carbocycles. The van der Waals surface area contributed by atoms with Gasteiger partial charge < -0.3 is 5.32 Å². The summed E-state index contributed by atoms with van der Waals surface area (Å²) < 4.78 is 2.23. The Morgan fingerprint density at radius 3 is 3.06 bits per heavy atom. The fourth-order valence-corrected chi connectivity index (χ4v) is 2.65. The minimum Gasteiger partial charge on any atom is -0.310 e. The molecule has 1 heterocycles. The summed E-state index contributed by atoms with van der Waals surface area (Å²) in [7, 11) is 0. The SMILES string of the molecule is CCNC1CCCc2c1cnn2CCC(C)C. The number of aromatic nitrogens is 2. The summed E-state index contributed by atoms with van der Waals surface area (Å²) in [5.74, 6) is 0.753. The van der Waals surface area contributed by atoms with Crippen molar-refractivity contribution >= 4 is 0 Å². The number of fused-ring (bicyclic) bond motifs is 1. The Morgan fingerprint density at radius 1 is 1.53 bits per heavy atom. The van der Waals surface area contributed by atoms with Crippen LogP contribution in [0.1, 0.15) is 57.3 Å². The molecule has 0 bridgehead atoms. The highest BCUT2D eigenvalue weighted by molar-refractivity contribution is 5.24. The molecule has 3 heteroatoms. The molecule has 1 unspecified atom stereocenters. The van der Waals surface area contributed by atoms with E-state index in [1.165, 1.54) is 36.9 Å². The summed E-state index contributed by atoms with van der Waals surface area (Å²) in [6.45, 7) is 8.85. The van der Waals surface area contributed by atoms with Gasteiger partial charge in [-0.2, -0.15) is 5.10 Å². The zero-order valence-electron chi connectivity index (χ0n) is 11.4. The molecule has 17 heavy (non-hydrogen) atoms. The van der Waals surface area contributed by atoms with Gasteiger partial charge in [0.25, 0.3) is 0 Å². The van der Waals surface area contributed by atoms with E-state index in [2.05, 4.69) is 42.1 Å². The molecule has 0 fully saturated rings. The highest BCUT2D eigenvalue weighted by atomic mass is 15.3. The maximum Gasteiger partial charge on any atom is 0.0540 e. The predicted molar refractivity (Wildman–Crippen MR) is 71.0 cm³/mol. The summed E-state index contributed by atoms with van der Waals surface area (Å²) in [6.07, 6.45) is 7.06. The second kappa shape index (κ2) is 5.67. The Morgan fingerprint density at radius 2 is 2.35 bits per heavy atom. The number of nitrogens with one attached hydrogen (secondary N) is 1. The van der Waals surface area contributed by atoms with E-state index in [0.717, 1.165) is 19.0 Å². The van der Waals surface area contributed by atoms with Crippen LogP contribution in [-0.4, -0.2) is 16.3 Å². The molecule has 1 aromatic rings. The number of rotatable bonds is 5. The number of hydrogen-bond acceptors (Lipinski definition) is 2. The van der Waals surface area contributed by atoms with Crippen LogP contribution in [0.4, 0.5) is 0 Å². The van der Waals surface area contributed by atoms with E-state index in [4.69, 9.17) is 0 Å². The van der Waals surface area contributed by atoms with Crippen molar-refractivity contribution in [2.75, 3.05) is 6.54 Å². The lowest BCUT2D eigenvalue weighted by molar-refractivity contribution is 0.439. The summed E-state index contributed by atoms with van der Waals surface area (Å²) in [5, 5.41) is 8.14. The van der Waals surface area contributed by atoms with Crippen molar-refractivity contribution in [3.63, 3.8) is 0 Å². The maximum atomic E-state index is 4.58. The normalized spacial score (nSPS) is 19.6. The van der Waals surface area contributed by atoms with E-state index in [0.29, 0.717) is 6.04 Å². The Kier molecular flexibility index (Phi) is 4.21. The Bertz CT molecular complexity index is 354. The van der Waals surface area contributed by atoms with Crippen LogP contribution in [0.15, 0.2) is 6.20 Å². The Balaban J connectivity index is 2.10. The van der Waals surface area contributed by atoms with E-state index in [1.807, 2.05) is 0 Å². The van der Waals surface area contributed by atoms with Crippen LogP contribution < -0.4 is 5.32 Å². The zero-order valence-corrected chi connectivity index (χ0v) is 11.4. The third-order valence-electron chi connectivity index (χ3n) is 3.63. The van der Waals surface area contributed by atoms with E-state index >= 15 is 0 Å². The third kappa shape index (κ3) is 2.89. The smallest absolute Gasteiger partial charge is 0.0540 e. The molecular formula is C14H25N3. The molecule has 0 aromatic carbocycles. The van der Waals surface area contributed by atoms with Gasteiger partial charge in [0.05, 0.1) is 6.20 Å². The maximum absolute atomic E-state index is 4.58. The molecule has 1 aromatic heterocycles. The van der Waals surface area contributed by atoms with Gasteiger partial charge in [-0.15, -0.1) is 0 Å². The van der Waals surface area contributed by atoms with Crippen molar-refractivity contribution in [1.82, 2.24) is 15.1 Å². The van der Waals surface area contributed by atoms with Crippen LogP contribution in [0.3, 0.4) is 0 Å². The van der Waals surface area contributed by atoms with Crippen LogP contribution in [0.25, 0.3) is 0 Å². The first-order chi connectivity index (χ1) is 8.22. The fraction of sp³-hybridized carbons (Fsp3) is 0.786. The molecule has 0 aliphatic heterocycles. The van der Waals surface area contributed by atoms with Gasteiger partial charge in [0.15, 0.2) is 0 Å². The monoisotopic (exact) mass is 235 g/mol. The van der Waals surface area contributed by atoms with Crippen LogP contribution in [-0.2, 0) is 13.0 Å². The Hall–Kier alpha value is -0.830. The quantitative estimate of drug-likeness (QED) is 0.850. The highest BCUT2D eigenvalue weighted by Crippen LogP contribution is 2.29. The van der Waals surface area contributed by atoms with Gasteiger partial charge in [-0.05, 0) is 38.1 Å². The summed E-state index contributed by atoms with van der Waals surface area (Å²) in [4.78, 5) is 0. The minimum atomic E-state index is 0.538. The average Bonchev–Trinajstić information content (AvgIpc) is 2.71. The van der Waals surface area contributed by atoms with Gasteiger partial charge in [-0.25, -0.2) is 0 Å². The number of hydrogen-bond donors (Lipinski definition) is 1. The van der Waals surface area contributed by atoms with Gasteiger partial charge in [0.2, 0.25) is 0 Å². The van der Waals surface area contributed by atoms with Crippen molar-refractivity contribution in [2.24, 2.45) is 5.92 Å². The topological polar surface area (TPSA) is 29.9 Å². The first-order valence-corrected chi connectivity index (χ1v) is 7.00. The standard InChI is InChI=1S/C14H25N3/c1-4-15-13-6-5-7-14-12(13)10-16-17(14)9-8-11(2)3/h10-11,13,15H,4-9H2,1-3H3. The molecule has 0 spiro atoms. The molecule has 0 saturated heterocycles. The average molecular weight is 235 g/mol. The number of nitrogens with zero attached hydrogens (tertiary/aromatic N) is 2. The predicted octanol–water partition coefficient (Wildman–Crippen LogP) is 2.92. The largest absolute Gasteiger partial charge is 0.310 e. The van der Waals surface area contributed by atoms with E-state index in [-0.39, 0.29) is 0 Å². The van der Waals surface area contributed by atoms with Gasteiger partial charge >= 0.3 is 0 Å². The second-order valence-corrected chi connectivity index (χ2v) is 5.45. The molecule has 0 saturated carbocycles. The second-order valence-electron chi connectivity index (χ2n) is 5.45. The van der Waals surface area contributed by atoms with Crippen molar-refractivity contribution in [1.29, 1.82) is 0 Å². The first kappa shape index (κ1) is 12.6. The highest BCUT2D eigenvalue weighted by Gasteiger charge is 2.23. The van der Waals surface area contributed by atoms with Crippen molar-refractivity contribution in [2.45, 2.75) is 59.0 Å². The van der Waals surface area contributed by atoms with Crippen molar-refractivity contribution < 1.29 is 0 Å². The number of aryl methyl sites for hydroxylation is 1. The van der Waals surface area contributed by atoms with Crippen LogP contribution >= 0.6 is 0 Å². The van der Waals surface area contributed by atoms with Gasteiger partial charge in [0, 0.05) is 23.8 Å². The molecule has 2 rings (SSSR count). The summed E-state index contributed by atoms with van der Waals surface area (Å²) in [5.41, 5.74) is 2.92. The van der Waals surface area contributed by atoms with E-state index in [1.54, 1.807) is 0 Å². The van der Waals surface area contributed by atoms with Crippen LogP contribution in [0, 0.1) is 5.92 Å². The third-order valence-corrected chi connectivity index (χ3v) is 3.63. The Labute approximate surface area is 105 Å². The van der Waals surface area contributed by atoms with Crippen molar-refractivity contribution in [3.05, 3.63) is 17.5 Å². The minimum absolute atomic E-state index is 0.538. The molecular weight excluding hydrogens is 210 g/mol. The molecule has 1 atom stereocenters. The lowest BCUT2D eigenvalue weighted by Crippen LogP contribution is -2.25.